The van der Waals surface area contributed by atoms with Crippen LogP contribution in [0.3, 0.4) is 0 Å². The fourth-order valence-corrected chi connectivity index (χ4v) is 5.12. The molecule has 0 spiro atoms. The predicted molar refractivity (Wildman–Crippen MR) is 144 cm³/mol. The van der Waals surface area contributed by atoms with E-state index in [-0.39, 0.29) is 18.7 Å². The van der Waals surface area contributed by atoms with Crippen molar-refractivity contribution in [2.24, 2.45) is 5.92 Å². The number of alkyl carbamates (subject to hydrolysis) is 1. The van der Waals surface area contributed by atoms with E-state index in [1.807, 2.05) is 24.3 Å². The summed E-state index contributed by atoms with van der Waals surface area (Å²) in [6.07, 6.45) is 9.08. The lowest BCUT2D eigenvalue weighted by atomic mass is 9.84. The van der Waals surface area contributed by atoms with Gasteiger partial charge in [-0.15, -0.1) is 0 Å². The van der Waals surface area contributed by atoms with E-state index < -0.39 is 24.1 Å². The first kappa shape index (κ1) is 29.5. The molecular weight excluding hydrogens is 486 g/mol. The first-order valence-corrected chi connectivity index (χ1v) is 14.2. The van der Waals surface area contributed by atoms with Gasteiger partial charge in [-0.25, -0.2) is 4.79 Å². The molecule has 9 nitrogen and oxygen atoms in total. The molecule has 1 aliphatic carbocycles. The van der Waals surface area contributed by atoms with E-state index in [0.29, 0.717) is 44.9 Å². The number of hydrogen-bond acceptors (Lipinski definition) is 6. The number of aldehydes is 1. The number of unbranched alkanes of at least 4 members (excludes halogenated alkanes) is 2. The second kappa shape index (κ2) is 16.0. The molecule has 2 atom stereocenters. The van der Waals surface area contributed by atoms with E-state index >= 15 is 0 Å². The van der Waals surface area contributed by atoms with Crippen molar-refractivity contribution >= 4 is 24.2 Å². The fraction of sp³-hybridized carbons (Fsp3) is 0.655. The third-order valence-electron chi connectivity index (χ3n) is 7.35. The van der Waals surface area contributed by atoms with Crippen molar-refractivity contribution in [2.75, 3.05) is 19.8 Å². The molecule has 2 aliphatic rings. The van der Waals surface area contributed by atoms with Crippen LogP contribution in [-0.4, -0.2) is 60.9 Å². The normalized spacial score (nSPS) is 17.2. The minimum atomic E-state index is -0.821. The Morgan fingerprint density at radius 3 is 2.68 bits per heavy atom. The van der Waals surface area contributed by atoms with Gasteiger partial charge in [0.05, 0.1) is 19.2 Å². The van der Waals surface area contributed by atoms with E-state index in [2.05, 4.69) is 17.6 Å². The van der Waals surface area contributed by atoms with Gasteiger partial charge < -0.3 is 29.8 Å². The summed E-state index contributed by atoms with van der Waals surface area (Å²) in [6, 6.07) is 6.03. The third kappa shape index (κ3) is 9.65. The second-order valence-electron chi connectivity index (χ2n) is 10.3. The smallest absolute Gasteiger partial charge is 0.407 e. The fourth-order valence-electron chi connectivity index (χ4n) is 5.12. The molecular formula is C29H43N3O6. The van der Waals surface area contributed by atoms with Crippen LogP contribution in [-0.2, 0) is 25.7 Å². The third-order valence-corrected chi connectivity index (χ3v) is 7.35. The molecule has 3 amide bonds. The molecule has 0 aromatic heterocycles. The first-order chi connectivity index (χ1) is 18.5. The Morgan fingerprint density at radius 1 is 1.13 bits per heavy atom. The molecule has 2 N–H and O–H groups in total. The zero-order valence-electron chi connectivity index (χ0n) is 22.6. The highest BCUT2D eigenvalue weighted by atomic mass is 16.5. The number of nitrogens with one attached hydrogen (secondary N) is 2. The van der Waals surface area contributed by atoms with Crippen molar-refractivity contribution in [3.05, 3.63) is 29.8 Å². The summed E-state index contributed by atoms with van der Waals surface area (Å²) in [4.78, 5) is 52.0. The molecule has 3 rings (SSSR count). The van der Waals surface area contributed by atoms with Crippen LogP contribution >= 0.6 is 0 Å². The molecule has 2 unspecified atom stereocenters. The molecule has 38 heavy (non-hydrogen) atoms. The van der Waals surface area contributed by atoms with Gasteiger partial charge in [0.15, 0.2) is 0 Å². The minimum absolute atomic E-state index is 0.0982. The molecule has 1 aliphatic heterocycles. The number of rotatable bonds is 13. The van der Waals surface area contributed by atoms with E-state index in [9.17, 15) is 19.2 Å². The number of ether oxygens (including phenoxy) is 2. The second-order valence-corrected chi connectivity index (χ2v) is 10.3. The molecule has 0 saturated heterocycles. The minimum Gasteiger partial charge on any atom is -0.491 e. The molecule has 9 heteroatoms. The molecule has 1 heterocycles. The summed E-state index contributed by atoms with van der Waals surface area (Å²) in [5, 5.41) is 5.48. The Balaban J connectivity index is 1.53. The summed E-state index contributed by atoms with van der Waals surface area (Å²) in [6.45, 7) is 3.69. The largest absolute Gasteiger partial charge is 0.491 e. The molecule has 1 fully saturated rings. The van der Waals surface area contributed by atoms with Crippen molar-refractivity contribution in [3.8, 4) is 5.75 Å². The molecule has 210 valence electrons. The van der Waals surface area contributed by atoms with Gasteiger partial charge in [-0.2, -0.15) is 0 Å². The number of benzene rings is 1. The number of hydrogen-bond donors (Lipinski definition) is 2. The van der Waals surface area contributed by atoms with Gasteiger partial charge in [-0.1, -0.05) is 70.1 Å². The van der Waals surface area contributed by atoms with Gasteiger partial charge in [0, 0.05) is 18.5 Å². The van der Waals surface area contributed by atoms with Crippen LogP contribution in [0, 0.1) is 5.92 Å². The average Bonchev–Trinajstić information content (AvgIpc) is 3.16. The number of nitrogens with zero attached hydrogens (tertiary/aromatic N) is 1. The maximum atomic E-state index is 13.2. The van der Waals surface area contributed by atoms with Crippen molar-refractivity contribution in [3.63, 3.8) is 0 Å². The standard InChI is InChI=1S/C29H43N3O6/c1-2-3-9-17-38-29(36)31-25(19-22-10-5-4-6-11-22)28(35)30-24(21-33)14-15-27(34)32-16-18-37-26-13-8-7-12-23(26)20-32/h7-8,12-13,21-22,24-25H,2-6,9-11,14-20H2,1H3,(H,30,35)(H,31,36). The Hall–Kier alpha value is -3.10. The molecule has 1 aromatic carbocycles. The van der Waals surface area contributed by atoms with Gasteiger partial charge in [0.2, 0.25) is 11.8 Å². The number of para-hydroxylation sites is 1. The lowest BCUT2D eigenvalue weighted by Gasteiger charge is -2.27. The van der Waals surface area contributed by atoms with Crippen molar-refractivity contribution in [1.29, 1.82) is 0 Å². The van der Waals surface area contributed by atoms with Crippen LogP contribution in [0.5, 0.6) is 5.75 Å². The Bertz CT molecular complexity index is 917. The molecule has 0 radical (unpaired) electrons. The predicted octanol–water partition coefficient (Wildman–Crippen LogP) is 4.13. The van der Waals surface area contributed by atoms with Crippen LogP contribution in [0.4, 0.5) is 4.79 Å². The van der Waals surface area contributed by atoms with Crippen LogP contribution in [0.1, 0.15) is 83.1 Å². The van der Waals surface area contributed by atoms with Gasteiger partial charge in [0.25, 0.3) is 0 Å². The monoisotopic (exact) mass is 529 g/mol. The lowest BCUT2D eigenvalue weighted by Crippen LogP contribution is -2.51. The summed E-state index contributed by atoms with van der Waals surface area (Å²) in [7, 11) is 0. The first-order valence-electron chi connectivity index (χ1n) is 14.2. The SMILES string of the molecule is CCCCCOC(=O)NC(CC1CCCCC1)C(=O)NC(C=O)CCC(=O)N1CCOc2ccccc2C1. The molecule has 1 saturated carbocycles. The van der Waals surface area contributed by atoms with Gasteiger partial charge in [-0.05, 0) is 31.2 Å². The summed E-state index contributed by atoms with van der Waals surface area (Å²) in [5.41, 5.74) is 0.941. The average molecular weight is 530 g/mol. The Kier molecular flexibility index (Phi) is 12.4. The van der Waals surface area contributed by atoms with E-state index in [1.54, 1.807) is 4.90 Å². The van der Waals surface area contributed by atoms with E-state index in [0.717, 1.165) is 56.3 Å². The van der Waals surface area contributed by atoms with Crippen molar-refractivity contribution in [1.82, 2.24) is 15.5 Å². The maximum absolute atomic E-state index is 13.2. The summed E-state index contributed by atoms with van der Waals surface area (Å²) < 4.78 is 11.0. The van der Waals surface area contributed by atoms with Gasteiger partial charge >= 0.3 is 6.09 Å². The number of fused-ring (bicyclic) bond motifs is 1. The van der Waals surface area contributed by atoms with E-state index in [1.165, 1.54) is 6.42 Å². The lowest BCUT2D eigenvalue weighted by molar-refractivity contribution is -0.132. The van der Waals surface area contributed by atoms with E-state index in [4.69, 9.17) is 9.47 Å². The highest BCUT2D eigenvalue weighted by Gasteiger charge is 2.28. The Labute approximate surface area is 226 Å². The van der Waals surface area contributed by atoms with Crippen LogP contribution in [0.25, 0.3) is 0 Å². The quantitative estimate of drug-likeness (QED) is 0.293. The van der Waals surface area contributed by atoms with Crippen molar-refractivity contribution < 1.29 is 28.7 Å². The zero-order chi connectivity index (χ0) is 27.2. The summed E-state index contributed by atoms with van der Waals surface area (Å²) >= 11 is 0. The van der Waals surface area contributed by atoms with Crippen LogP contribution in [0.15, 0.2) is 24.3 Å². The Morgan fingerprint density at radius 2 is 1.92 bits per heavy atom. The summed E-state index contributed by atoms with van der Waals surface area (Å²) in [5.74, 6) is 0.604. The molecule has 0 bridgehead atoms. The van der Waals surface area contributed by atoms with Crippen LogP contribution < -0.4 is 15.4 Å². The number of amides is 3. The topological polar surface area (TPSA) is 114 Å². The van der Waals surface area contributed by atoms with Gasteiger partial charge in [0.1, 0.15) is 24.7 Å². The molecule has 1 aromatic rings. The number of carbonyl (C=O) groups excluding carboxylic acids is 4. The highest BCUT2D eigenvalue weighted by Crippen LogP contribution is 2.27. The van der Waals surface area contributed by atoms with Crippen LogP contribution in [0.2, 0.25) is 0 Å². The van der Waals surface area contributed by atoms with Gasteiger partial charge in [-0.3, -0.25) is 9.59 Å². The zero-order valence-corrected chi connectivity index (χ0v) is 22.6. The number of carbonyl (C=O) groups is 4. The highest BCUT2D eigenvalue weighted by molar-refractivity contribution is 5.87. The van der Waals surface area contributed by atoms with Crippen molar-refractivity contribution in [2.45, 2.75) is 96.2 Å². The maximum Gasteiger partial charge on any atom is 0.407 e.